The van der Waals surface area contributed by atoms with Gasteiger partial charge in [0.25, 0.3) is 5.91 Å². The lowest BCUT2D eigenvalue weighted by molar-refractivity contribution is 0.103. The Bertz CT molecular complexity index is 1080. The maximum Gasteiger partial charge on any atom is 0.265 e. The van der Waals surface area contributed by atoms with Crippen LogP contribution in [0.5, 0.6) is 0 Å². The second-order valence-corrected chi connectivity index (χ2v) is 8.16. The summed E-state index contributed by atoms with van der Waals surface area (Å²) in [4.78, 5) is 14.4. The van der Waals surface area contributed by atoms with E-state index in [0.29, 0.717) is 10.8 Å². The zero-order valence-electron chi connectivity index (χ0n) is 15.4. The van der Waals surface area contributed by atoms with Crippen LogP contribution in [0.2, 0.25) is 0 Å². The summed E-state index contributed by atoms with van der Waals surface area (Å²) in [5, 5.41) is 9.59. The van der Waals surface area contributed by atoms with Crippen molar-refractivity contribution in [2.24, 2.45) is 13.0 Å². The van der Waals surface area contributed by atoms with E-state index in [9.17, 15) is 4.79 Å². The Balaban J connectivity index is 1.59. The minimum Gasteiger partial charge on any atom is -0.347 e. The van der Waals surface area contributed by atoms with E-state index in [1.54, 1.807) is 0 Å². The Kier molecular flexibility index (Phi) is 4.07. The Labute approximate surface area is 156 Å². The minimum absolute atomic E-state index is 0.0773. The van der Waals surface area contributed by atoms with Crippen LogP contribution in [0, 0.1) is 12.8 Å². The minimum atomic E-state index is -0.0773. The number of carbonyl (C=O) groups excluding carboxylic acids is 1. The molecule has 0 saturated carbocycles. The van der Waals surface area contributed by atoms with E-state index in [-0.39, 0.29) is 5.91 Å². The monoisotopic (exact) mass is 366 g/mol. The quantitative estimate of drug-likeness (QED) is 0.564. The van der Waals surface area contributed by atoms with Gasteiger partial charge in [-0.15, -0.1) is 11.3 Å². The topological polar surface area (TPSA) is 51.9 Å². The van der Waals surface area contributed by atoms with Gasteiger partial charge in [-0.3, -0.25) is 9.48 Å². The van der Waals surface area contributed by atoms with Crippen molar-refractivity contribution < 1.29 is 4.79 Å². The lowest BCUT2D eigenvalue weighted by atomic mass is 10.2. The van der Waals surface area contributed by atoms with Gasteiger partial charge in [0.1, 0.15) is 4.83 Å². The summed E-state index contributed by atoms with van der Waals surface area (Å²) >= 11 is 1.47. The Morgan fingerprint density at radius 3 is 2.81 bits per heavy atom. The molecule has 0 saturated heterocycles. The van der Waals surface area contributed by atoms with Gasteiger partial charge < -0.3 is 9.88 Å². The molecule has 4 rings (SSSR count). The van der Waals surface area contributed by atoms with E-state index >= 15 is 0 Å². The summed E-state index contributed by atoms with van der Waals surface area (Å²) in [5.41, 5.74) is 2.96. The number of amides is 1. The molecule has 4 aromatic rings. The number of fused-ring (bicyclic) bond motifs is 2. The molecule has 26 heavy (non-hydrogen) atoms. The van der Waals surface area contributed by atoms with Gasteiger partial charge in [0, 0.05) is 41.8 Å². The van der Waals surface area contributed by atoms with Crippen molar-refractivity contribution in [1.29, 1.82) is 0 Å². The molecule has 3 aromatic heterocycles. The highest BCUT2D eigenvalue weighted by Gasteiger charge is 2.15. The van der Waals surface area contributed by atoms with Gasteiger partial charge in [0.15, 0.2) is 0 Å². The Morgan fingerprint density at radius 2 is 2.08 bits per heavy atom. The number of aromatic nitrogens is 3. The number of rotatable bonds is 4. The van der Waals surface area contributed by atoms with Crippen LogP contribution in [0.4, 0.5) is 5.69 Å². The maximum absolute atomic E-state index is 12.7. The van der Waals surface area contributed by atoms with Gasteiger partial charge in [-0.2, -0.15) is 5.10 Å². The molecule has 134 valence electrons. The summed E-state index contributed by atoms with van der Waals surface area (Å²) < 4.78 is 4.09. The Hall–Kier alpha value is -2.60. The molecular formula is C20H22N4OS. The average molecular weight is 366 g/mol. The van der Waals surface area contributed by atoms with Crippen LogP contribution in [-0.2, 0) is 13.6 Å². The molecule has 0 spiro atoms. The van der Waals surface area contributed by atoms with Crippen LogP contribution in [-0.4, -0.2) is 20.3 Å². The van der Waals surface area contributed by atoms with Crippen LogP contribution >= 0.6 is 11.3 Å². The number of hydrogen-bond acceptors (Lipinski definition) is 3. The normalized spacial score (nSPS) is 11.7. The van der Waals surface area contributed by atoms with Crippen molar-refractivity contribution in [2.45, 2.75) is 27.3 Å². The van der Waals surface area contributed by atoms with E-state index in [0.717, 1.165) is 33.5 Å². The zero-order valence-corrected chi connectivity index (χ0v) is 16.2. The van der Waals surface area contributed by atoms with Gasteiger partial charge in [0.05, 0.1) is 10.6 Å². The second-order valence-electron chi connectivity index (χ2n) is 7.13. The van der Waals surface area contributed by atoms with Gasteiger partial charge in [-0.05, 0) is 43.2 Å². The maximum atomic E-state index is 12.7. The first-order valence-corrected chi connectivity index (χ1v) is 9.57. The molecular weight excluding hydrogens is 344 g/mol. The first-order chi connectivity index (χ1) is 12.4. The van der Waals surface area contributed by atoms with Gasteiger partial charge in [-0.1, -0.05) is 13.8 Å². The SMILES string of the molecule is Cc1nn(C)c2sc(C(=O)Nc3ccc4c(ccn4CC(C)C)c3)cc12. The van der Waals surface area contributed by atoms with E-state index in [4.69, 9.17) is 0 Å². The standard InChI is InChI=1S/C20H22N4OS/c1-12(2)11-24-8-7-14-9-15(5-6-17(14)24)21-19(25)18-10-16-13(3)22-23(4)20(16)26-18/h5-10,12H,11H2,1-4H3,(H,21,25). The van der Waals surface area contributed by atoms with Crippen molar-refractivity contribution >= 4 is 44.1 Å². The van der Waals surface area contributed by atoms with Crippen molar-refractivity contribution in [1.82, 2.24) is 14.3 Å². The molecule has 3 heterocycles. The zero-order chi connectivity index (χ0) is 18.4. The molecule has 1 aromatic carbocycles. The summed E-state index contributed by atoms with van der Waals surface area (Å²) in [7, 11) is 1.91. The molecule has 0 fully saturated rings. The smallest absolute Gasteiger partial charge is 0.265 e. The lowest BCUT2D eigenvalue weighted by Gasteiger charge is -2.09. The number of thiophene rings is 1. The van der Waals surface area contributed by atoms with Gasteiger partial charge >= 0.3 is 0 Å². The highest BCUT2D eigenvalue weighted by atomic mass is 32.1. The molecule has 1 N–H and O–H groups in total. The fourth-order valence-electron chi connectivity index (χ4n) is 3.34. The number of benzene rings is 1. The molecule has 0 aliphatic rings. The predicted molar refractivity (Wildman–Crippen MR) is 108 cm³/mol. The molecule has 0 unspecified atom stereocenters. The van der Waals surface area contributed by atoms with E-state index in [1.807, 2.05) is 36.9 Å². The number of anilines is 1. The molecule has 0 bridgehead atoms. The number of carbonyl (C=O) groups is 1. The highest BCUT2D eigenvalue weighted by molar-refractivity contribution is 7.20. The molecule has 5 nitrogen and oxygen atoms in total. The number of aryl methyl sites for hydroxylation is 2. The molecule has 0 radical (unpaired) electrons. The van der Waals surface area contributed by atoms with Crippen LogP contribution in [0.15, 0.2) is 36.5 Å². The number of hydrogen-bond donors (Lipinski definition) is 1. The van der Waals surface area contributed by atoms with Crippen LogP contribution in [0.3, 0.4) is 0 Å². The third-order valence-electron chi connectivity index (χ3n) is 4.51. The van der Waals surface area contributed by atoms with Crippen molar-refractivity contribution in [3.63, 3.8) is 0 Å². The molecule has 0 aliphatic heterocycles. The van der Waals surface area contributed by atoms with Crippen molar-refractivity contribution in [2.75, 3.05) is 5.32 Å². The summed E-state index contributed by atoms with van der Waals surface area (Å²) in [5.74, 6) is 0.516. The first kappa shape index (κ1) is 16.8. The van der Waals surface area contributed by atoms with Crippen molar-refractivity contribution in [3.05, 3.63) is 47.1 Å². The van der Waals surface area contributed by atoms with Crippen LogP contribution in [0.25, 0.3) is 21.1 Å². The van der Waals surface area contributed by atoms with Crippen LogP contribution < -0.4 is 5.32 Å². The van der Waals surface area contributed by atoms with Gasteiger partial charge in [0.2, 0.25) is 0 Å². The summed E-state index contributed by atoms with van der Waals surface area (Å²) in [6.45, 7) is 7.38. The van der Waals surface area contributed by atoms with E-state index in [1.165, 1.54) is 16.9 Å². The average Bonchev–Trinajstić information content (AvgIpc) is 3.24. The summed E-state index contributed by atoms with van der Waals surface area (Å²) in [6.07, 6.45) is 2.11. The Morgan fingerprint density at radius 1 is 1.27 bits per heavy atom. The molecule has 6 heteroatoms. The molecule has 0 atom stereocenters. The predicted octanol–water partition coefficient (Wildman–Crippen LogP) is 4.81. The van der Waals surface area contributed by atoms with E-state index < -0.39 is 0 Å². The third kappa shape index (κ3) is 2.90. The first-order valence-electron chi connectivity index (χ1n) is 8.76. The number of nitrogens with zero attached hydrogens (tertiary/aromatic N) is 3. The largest absolute Gasteiger partial charge is 0.347 e. The fraction of sp³-hybridized carbons (Fsp3) is 0.300. The van der Waals surface area contributed by atoms with Gasteiger partial charge in [-0.25, -0.2) is 0 Å². The summed E-state index contributed by atoms with van der Waals surface area (Å²) in [6, 6.07) is 10.1. The third-order valence-corrected chi connectivity index (χ3v) is 5.71. The number of nitrogens with one attached hydrogen (secondary N) is 1. The second kappa shape index (κ2) is 6.29. The molecule has 0 aliphatic carbocycles. The lowest BCUT2D eigenvalue weighted by Crippen LogP contribution is -2.10. The van der Waals surface area contributed by atoms with E-state index in [2.05, 4.69) is 47.2 Å². The van der Waals surface area contributed by atoms with Crippen LogP contribution in [0.1, 0.15) is 29.2 Å². The van der Waals surface area contributed by atoms with Crippen molar-refractivity contribution in [3.8, 4) is 0 Å². The highest BCUT2D eigenvalue weighted by Crippen LogP contribution is 2.29. The molecule has 1 amide bonds. The fourth-order valence-corrected chi connectivity index (χ4v) is 4.36.